The second kappa shape index (κ2) is 4.78. The fourth-order valence-electron chi connectivity index (χ4n) is 1.34. The summed E-state index contributed by atoms with van der Waals surface area (Å²) in [7, 11) is 0. The standard InChI is InChI=1S/C13H16O2/c1-3-13(2,12(14)15)10-9-11-7-5-4-6-8-11/h3-8H,1,9-10H2,2H3,(H,14,15)/t13-/m1/s1. The molecular formula is C13H16O2. The van der Waals surface area contributed by atoms with E-state index in [-0.39, 0.29) is 0 Å². The third-order valence-corrected chi connectivity index (χ3v) is 2.71. The third-order valence-electron chi connectivity index (χ3n) is 2.71. The lowest BCUT2D eigenvalue weighted by Crippen LogP contribution is -2.25. The van der Waals surface area contributed by atoms with Gasteiger partial charge in [0.05, 0.1) is 5.41 Å². The van der Waals surface area contributed by atoms with Crippen molar-refractivity contribution in [3.63, 3.8) is 0 Å². The van der Waals surface area contributed by atoms with Crippen molar-refractivity contribution in [1.29, 1.82) is 0 Å². The largest absolute Gasteiger partial charge is 0.481 e. The predicted molar refractivity (Wildman–Crippen MR) is 60.7 cm³/mol. The Morgan fingerprint density at radius 3 is 2.53 bits per heavy atom. The molecule has 1 aromatic carbocycles. The number of hydrogen-bond acceptors (Lipinski definition) is 1. The summed E-state index contributed by atoms with van der Waals surface area (Å²) in [5, 5.41) is 9.04. The molecule has 0 radical (unpaired) electrons. The summed E-state index contributed by atoms with van der Waals surface area (Å²) in [5.74, 6) is -0.812. The number of benzene rings is 1. The van der Waals surface area contributed by atoms with Crippen molar-refractivity contribution in [2.75, 3.05) is 0 Å². The molecule has 0 fully saturated rings. The van der Waals surface area contributed by atoms with Gasteiger partial charge >= 0.3 is 5.97 Å². The van der Waals surface area contributed by atoms with Gasteiger partial charge in [0.25, 0.3) is 0 Å². The number of aliphatic carboxylic acids is 1. The Morgan fingerprint density at radius 1 is 1.47 bits per heavy atom. The number of rotatable bonds is 5. The summed E-state index contributed by atoms with van der Waals surface area (Å²) >= 11 is 0. The Balaban J connectivity index is 2.63. The van der Waals surface area contributed by atoms with Crippen molar-refractivity contribution >= 4 is 5.97 Å². The van der Waals surface area contributed by atoms with E-state index in [1.807, 2.05) is 30.3 Å². The Kier molecular flexibility index (Phi) is 3.67. The number of hydrogen-bond donors (Lipinski definition) is 1. The van der Waals surface area contributed by atoms with Crippen molar-refractivity contribution in [3.05, 3.63) is 48.6 Å². The van der Waals surface area contributed by atoms with Gasteiger partial charge in [-0.25, -0.2) is 0 Å². The van der Waals surface area contributed by atoms with E-state index < -0.39 is 11.4 Å². The molecule has 1 N–H and O–H groups in total. The van der Waals surface area contributed by atoms with E-state index in [9.17, 15) is 4.79 Å². The quantitative estimate of drug-likeness (QED) is 0.749. The molecule has 0 unspecified atom stereocenters. The van der Waals surface area contributed by atoms with E-state index in [4.69, 9.17) is 5.11 Å². The average molecular weight is 204 g/mol. The molecule has 2 nitrogen and oxygen atoms in total. The van der Waals surface area contributed by atoms with E-state index in [0.717, 1.165) is 12.0 Å². The van der Waals surface area contributed by atoms with Crippen LogP contribution < -0.4 is 0 Å². The first kappa shape index (κ1) is 11.5. The molecule has 0 saturated heterocycles. The Labute approximate surface area is 90.3 Å². The van der Waals surface area contributed by atoms with Crippen LogP contribution in [0.4, 0.5) is 0 Å². The van der Waals surface area contributed by atoms with E-state index in [1.165, 1.54) is 6.08 Å². The van der Waals surface area contributed by atoms with Crippen LogP contribution in [-0.4, -0.2) is 11.1 Å². The first-order chi connectivity index (χ1) is 7.08. The van der Waals surface area contributed by atoms with Crippen molar-refractivity contribution in [2.24, 2.45) is 5.41 Å². The van der Waals surface area contributed by atoms with Crippen LogP contribution in [0.1, 0.15) is 18.9 Å². The van der Waals surface area contributed by atoms with Gasteiger partial charge in [0, 0.05) is 0 Å². The lowest BCUT2D eigenvalue weighted by Gasteiger charge is -2.19. The number of carboxylic acid groups (broad SMARTS) is 1. The van der Waals surface area contributed by atoms with Gasteiger partial charge in [0.2, 0.25) is 0 Å². The van der Waals surface area contributed by atoms with Gasteiger partial charge in [0.1, 0.15) is 0 Å². The van der Waals surface area contributed by atoms with Gasteiger partial charge in [-0.2, -0.15) is 0 Å². The lowest BCUT2D eigenvalue weighted by atomic mass is 9.84. The van der Waals surface area contributed by atoms with Crippen LogP contribution >= 0.6 is 0 Å². The molecule has 0 bridgehead atoms. The average Bonchev–Trinajstić information content (AvgIpc) is 2.27. The molecule has 1 rings (SSSR count). The van der Waals surface area contributed by atoms with Crippen LogP contribution in [0.25, 0.3) is 0 Å². The topological polar surface area (TPSA) is 37.3 Å². The SMILES string of the molecule is C=C[C@](C)(CCc1ccccc1)C(=O)O. The summed E-state index contributed by atoms with van der Waals surface area (Å²) in [4.78, 5) is 11.0. The smallest absolute Gasteiger partial charge is 0.313 e. The Bertz CT molecular complexity index is 343. The van der Waals surface area contributed by atoms with E-state index in [2.05, 4.69) is 6.58 Å². The van der Waals surface area contributed by atoms with Crippen LogP contribution in [0.2, 0.25) is 0 Å². The highest BCUT2D eigenvalue weighted by Crippen LogP contribution is 2.25. The Hall–Kier alpha value is -1.57. The maximum absolute atomic E-state index is 11.0. The van der Waals surface area contributed by atoms with Crippen molar-refractivity contribution in [2.45, 2.75) is 19.8 Å². The van der Waals surface area contributed by atoms with E-state index in [1.54, 1.807) is 6.92 Å². The van der Waals surface area contributed by atoms with Crippen LogP contribution in [0.3, 0.4) is 0 Å². The molecule has 0 spiro atoms. The van der Waals surface area contributed by atoms with Crippen molar-refractivity contribution in [1.82, 2.24) is 0 Å². The lowest BCUT2D eigenvalue weighted by molar-refractivity contribution is -0.145. The second-order valence-corrected chi connectivity index (χ2v) is 3.91. The van der Waals surface area contributed by atoms with Crippen molar-refractivity contribution < 1.29 is 9.90 Å². The number of carboxylic acids is 1. The van der Waals surface area contributed by atoms with E-state index in [0.29, 0.717) is 6.42 Å². The second-order valence-electron chi connectivity index (χ2n) is 3.91. The van der Waals surface area contributed by atoms with Crippen LogP contribution in [-0.2, 0) is 11.2 Å². The minimum absolute atomic E-state index is 0.579. The zero-order valence-corrected chi connectivity index (χ0v) is 8.94. The highest BCUT2D eigenvalue weighted by molar-refractivity contribution is 5.76. The molecule has 0 aromatic heterocycles. The van der Waals surface area contributed by atoms with Crippen LogP contribution in [0, 0.1) is 5.41 Å². The minimum atomic E-state index is -0.824. The Morgan fingerprint density at radius 2 is 2.07 bits per heavy atom. The molecule has 1 atom stereocenters. The summed E-state index contributed by atoms with van der Waals surface area (Å²) in [5.41, 5.74) is 0.336. The molecular weight excluding hydrogens is 188 g/mol. The molecule has 80 valence electrons. The minimum Gasteiger partial charge on any atom is -0.481 e. The third kappa shape index (κ3) is 2.94. The number of carbonyl (C=O) groups is 1. The van der Waals surface area contributed by atoms with Gasteiger partial charge in [-0.3, -0.25) is 4.79 Å². The molecule has 0 amide bonds. The predicted octanol–water partition coefficient (Wildman–Crippen LogP) is 2.90. The first-order valence-corrected chi connectivity index (χ1v) is 4.99. The molecule has 0 aliphatic carbocycles. The monoisotopic (exact) mass is 204 g/mol. The summed E-state index contributed by atoms with van der Waals surface area (Å²) < 4.78 is 0. The highest BCUT2D eigenvalue weighted by Gasteiger charge is 2.28. The van der Waals surface area contributed by atoms with Gasteiger partial charge in [-0.15, -0.1) is 6.58 Å². The maximum Gasteiger partial charge on any atom is 0.313 e. The number of aryl methyl sites for hydroxylation is 1. The summed E-state index contributed by atoms with van der Waals surface area (Å²) in [6.07, 6.45) is 2.85. The van der Waals surface area contributed by atoms with Crippen LogP contribution in [0.5, 0.6) is 0 Å². The van der Waals surface area contributed by atoms with Gasteiger partial charge < -0.3 is 5.11 Å². The highest BCUT2D eigenvalue weighted by atomic mass is 16.4. The molecule has 0 aliphatic heterocycles. The molecule has 1 aromatic rings. The summed E-state index contributed by atoms with van der Waals surface area (Å²) in [6.45, 7) is 5.29. The van der Waals surface area contributed by atoms with Gasteiger partial charge in [-0.05, 0) is 25.3 Å². The molecule has 2 heteroatoms. The fraction of sp³-hybridized carbons (Fsp3) is 0.308. The normalized spacial score (nSPS) is 14.2. The van der Waals surface area contributed by atoms with Gasteiger partial charge in [0.15, 0.2) is 0 Å². The van der Waals surface area contributed by atoms with Crippen LogP contribution in [0.15, 0.2) is 43.0 Å². The maximum atomic E-state index is 11.0. The van der Waals surface area contributed by atoms with E-state index >= 15 is 0 Å². The fourth-order valence-corrected chi connectivity index (χ4v) is 1.34. The zero-order valence-electron chi connectivity index (χ0n) is 8.94. The molecule has 0 aliphatic rings. The van der Waals surface area contributed by atoms with Crippen molar-refractivity contribution in [3.8, 4) is 0 Å². The first-order valence-electron chi connectivity index (χ1n) is 4.99. The van der Waals surface area contributed by atoms with Gasteiger partial charge in [-0.1, -0.05) is 36.4 Å². The molecule has 0 saturated carbocycles. The molecule has 15 heavy (non-hydrogen) atoms. The summed E-state index contributed by atoms with van der Waals surface area (Å²) in [6, 6.07) is 9.88. The molecule has 0 heterocycles. The zero-order chi connectivity index (χ0) is 11.3.